The summed E-state index contributed by atoms with van der Waals surface area (Å²) in [7, 11) is -3.37. The maximum absolute atomic E-state index is 12.1. The third kappa shape index (κ3) is 4.39. The summed E-state index contributed by atoms with van der Waals surface area (Å²) < 4.78 is 27.3. The van der Waals surface area contributed by atoms with Gasteiger partial charge in [0, 0.05) is 18.0 Å². The van der Waals surface area contributed by atoms with Crippen LogP contribution in [0.2, 0.25) is 0 Å². The summed E-state index contributed by atoms with van der Waals surface area (Å²) >= 11 is 2.94. The molecule has 0 saturated heterocycles. The van der Waals surface area contributed by atoms with E-state index in [1.54, 1.807) is 17.4 Å². The summed E-state index contributed by atoms with van der Waals surface area (Å²) in [5, 5.41) is 7.22. The highest BCUT2D eigenvalue weighted by molar-refractivity contribution is 7.91. The minimum atomic E-state index is -3.37. The van der Waals surface area contributed by atoms with E-state index in [9.17, 15) is 8.42 Å². The Morgan fingerprint density at radius 1 is 1.25 bits per heavy atom. The van der Waals surface area contributed by atoms with E-state index >= 15 is 0 Å². The Morgan fingerprint density at radius 3 is 2.80 bits per heavy atom. The Balaban J connectivity index is 1.90. The van der Waals surface area contributed by atoms with Gasteiger partial charge < -0.3 is 5.32 Å². The lowest BCUT2D eigenvalue weighted by atomic mass is 10.2. The van der Waals surface area contributed by atoms with Crippen molar-refractivity contribution in [1.82, 2.24) is 10.0 Å². The van der Waals surface area contributed by atoms with Gasteiger partial charge in [-0.05, 0) is 47.5 Å². The van der Waals surface area contributed by atoms with Gasteiger partial charge in [-0.3, -0.25) is 0 Å². The molecule has 4 nitrogen and oxygen atoms in total. The molecule has 2 heterocycles. The first-order valence-electron chi connectivity index (χ1n) is 6.42. The Kier molecular flexibility index (Phi) is 5.74. The number of hydrogen-bond donors (Lipinski definition) is 2. The second kappa shape index (κ2) is 7.33. The van der Waals surface area contributed by atoms with Gasteiger partial charge in [0.15, 0.2) is 0 Å². The highest BCUT2D eigenvalue weighted by atomic mass is 32.2. The molecule has 20 heavy (non-hydrogen) atoms. The Morgan fingerprint density at radius 2 is 2.10 bits per heavy atom. The number of rotatable bonds is 8. The van der Waals surface area contributed by atoms with E-state index in [2.05, 4.69) is 10.0 Å². The molecule has 0 aliphatic rings. The molecule has 0 radical (unpaired) electrons. The lowest BCUT2D eigenvalue weighted by molar-refractivity contribution is 0.584. The Hall–Kier alpha value is -0.730. The number of sulfonamides is 1. The smallest absolute Gasteiger partial charge is 0.250 e. The van der Waals surface area contributed by atoms with Crippen LogP contribution in [-0.4, -0.2) is 21.5 Å². The third-order valence-corrected chi connectivity index (χ3v) is 6.51. The van der Waals surface area contributed by atoms with Crippen molar-refractivity contribution >= 4 is 32.7 Å². The molecule has 2 rings (SSSR count). The van der Waals surface area contributed by atoms with Crippen LogP contribution in [0.1, 0.15) is 17.4 Å². The van der Waals surface area contributed by atoms with Crippen molar-refractivity contribution in [3.05, 3.63) is 39.4 Å². The first-order chi connectivity index (χ1) is 9.62. The van der Waals surface area contributed by atoms with E-state index in [1.807, 2.05) is 29.8 Å². The molecule has 7 heteroatoms. The van der Waals surface area contributed by atoms with Crippen LogP contribution in [0, 0.1) is 0 Å². The van der Waals surface area contributed by atoms with Gasteiger partial charge in [-0.25, -0.2) is 13.1 Å². The predicted octanol–water partition coefficient (Wildman–Crippen LogP) is 2.44. The van der Waals surface area contributed by atoms with Crippen LogP contribution in [0.4, 0.5) is 0 Å². The van der Waals surface area contributed by atoms with E-state index in [1.165, 1.54) is 11.3 Å². The van der Waals surface area contributed by atoms with Crippen molar-refractivity contribution in [3.63, 3.8) is 0 Å². The summed E-state index contributed by atoms with van der Waals surface area (Å²) in [6.45, 7) is 4.04. The van der Waals surface area contributed by atoms with Gasteiger partial charge >= 0.3 is 0 Å². The summed E-state index contributed by atoms with van der Waals surface area (Å²) in [5.41, 5.74) is 1.16. The fourth-order valence-electron chi connectivity index (χ4n) is 1.68. The topological polar surface area (TPSA) is 58.2 Å². The number of hydrogen-bond acceptors (Lipinski definition) is 5. The first-order valence-corrected chi connectivity index (χ1v) is 9.66. The van der Waals surface area contributed by atoms with Crippen molar-refractivity contribution in [3.8, 4) is 0 Å². The van der Waals surface area contributed by atoms with E-state index in [0.29, 0.717) is 17.3 Å². The normalized spacial score (nSPS) is 11.8. The van der Waals surface area contributed by atoms with Crippen molar-refractivity contribution in [2.45, 2.75) is 24.1 Å². The summed E-state index contributed by atoms with van der Waals surface area (Å²) in [6.07, 6.45) is 0.721. The third-order valence-electron chi connectivity index (χ3n) is 2.74. The first kappa shape index (κ1) is 15.7. The molecule has 0 unspecified atom stereocenters. The Labute approximate surface area is 127 Å². The highest BCUT2D eigenvalue weighted by Crippen LogP contribution is 2.21. The van der Waals surface area contributed by atoms with E-state index in [-0.39, 0.29) is 0 Å². The van der Waals surface area contributed by atoms with E-state index in [4.69, 9.17) is 0 Å². The molecule has 0 amide bonds. The second-order valence-electron chi connectivity index (χ2n) is 4.28. The number of nitrogens with one attached hydrogen (secondary N) is 2. The maximum atomic E-state index is 12.1. The largest absolute Gasteiger partial charge is 0.312 e. The van der Waals surface area contributed by atoms with Crippen molar-refractivity contribution in [2.24, 2.45) is 0 Å². The molecule has 110 valence electrons. The van der Waals surface area contributed by atoms with E-state index in [0.717, 1.165) is 23.4 Å². The lowest BCUT2D eigenvalue weighted by Gasteiger charge is -2.03. The average Bonchev–Trinajstić information content (AvgIpc) is 3.07. The maximum Gasteiger partial charge on any atom is 0.250 e. The summed E-state index contributed by atoms with van der Waals surface area (Å²) in [6, 6.07) is 5.55. The molecule has 0 saturated carbocycles. The standard InChI is InChI=1S/C13H18N2O2S3/c1-2-14-9-12-3-4-13(19-12)20(16,17)15-7-5-11-6-8-18-10-11/h3-4,6,8,10,14-15H,2,5,7,9H2,1H3. The minimum absolute atomic E-state index is 0.385. The zero-order valence-corrected chi connectivity index (χ0v) is 13.7. The zero-order chi connectivity index (χ0) is 14.4. The van der Waals surface area contributed by atoms with E-state index < -0.39 is 10.0 Å². The van der Waals surface area contributed by atoms with Crippen molar-refractivity contribution in [1.29, 1.82) is 0 Å². The SMILES string of the molecule is CCNCc1ccc(S(=O)(=O)NCCc2ccsc2)s1. The molecule has 2 N–H and O–H groups in total. The van der Waals surface area contributed by atoms with Gasteiger partial charge in [-0.2, -0.15) is 11.3 Å². The molecule has 0 aliphatic carbocycles. The fourth-order valence-corrected chi connectivity index (χ4v) is 4.79. The van der Waals surface area contributed by atoms with Crippen LogP contribution in [0.3, 0.4) is 0 Å². The van der Waals surface area contributed by atoms with Gasteiger partial charge in [0.25, 0.3) is 0 Å². The van der Waals surface area contributed by atoms with Crippen LogP contribution in [-0.2, 0) is 23.0 Å². The monoisotopic (exact) mass is 330 g/mol. The molecule has 0 atom stereocenters. The van der Waals surface area contributed by atoms with Crippen LogP contribution in [0.15, 0.2) is 33.2 Å². The molecule has 0 spiro atoms. The zero-order valence-electron chi connectivity index (χ0n) is 11.3. The highest BCUT2D eigenvalue weighted by Gasteiger charge is 2.16. The van der Waals surface area contributed by atoms with Crippen molar-refractivity contribution in [2.75, 3.05) is 13.1 Å². The van der Waals surface area contributed by atoms with Gasteiger partial charge in [0.2, 0.25) is 10.0 Å². The predicted molar refractivity (Wildman–Crippen MR) is 84.9 cm³/mol. The van der Waals surface area contributed by atoms with Gasteiger partial charge in [-0.1, -0.05) is 6.92 Å². The quantitative estimate of drug-likeness (QED) is 0.781. The van der Waals surface area contributed by atoms with Crippen LogP contribution >= 0.6 is 22.7 Å². The lowest BCUT2D eigenvalue weighted by Crippen LogP contribution is -2.25. The minimum Gasteiger partial charge on any atom is -0.312 e. The Bertz CT molecular complexity index is 618. The second-order valence-corrected chi connectivity index (χ2v) is 8.22. The molecule has 0 fully saturated rings. The molecular weight excluding hydrogens is 312 g/mol. The molecule has 0 bridgehead atoms. The van der Waals surface area contributed by atoms with Crippen LogP contribution in [0.25, 0.3) is 0 Å². The van der Waals surface area contributed by atoms with Gasteiger partial charge in [0.1, 0.15) is 4.21 Å². The molecular formula is C13H18N2O2S3. The fraction of sp³-hybridized carbons (Fsp3) is 0.385. The average molecular weight is 330 g/mol. The van der Waals surface area contributed by atoms with Crippen LogP contribution in [0.5, 0.6) is 0 Å². The molecule has 2 aromatic heterocycles. The number of thiophene rings is 2. The summed E-state index contributed by atoms with van der Waals surface area (Å²) in [5.74, 6) is 0. The van der Waals surface area contributed by atoms with Crippen LogP contribution < -0.4 is 10.0 Å². The summed E-state index contributed by atoms with van der Waals surface area (Å²) in [4.78, 5) is 1.03. The van der Waals surface area contributed by atoms with Crippen molar-refractivity contribution < 1.29 is 8.42 Å². The molecule has 0 aromatic carbocycles. The molecule has 0 aliphatic heterocycles. The van der Waals surface area contributed by atoms with Gasteiger partial charge in [-0.15, -0.1) is 11.3 Å². The van der Waals surface area contributed by atoms with Gasteiger partial charge in [0.05, 0.1) is 0 Å². The molecule has 2 aromatic rings.